The van der Waals surface area contributed by atoms with Crippen molar-refractivity contribution < 1.29 is 23.1 Å². The Kier molecular flexibility index (Phi) is 4.11. The third kappa shape index (κ3) is 4.08. The van der Waals surface area contributed by atoms with Gasteiger partial charge in [0.05, 0.1) is 34.5 Å². The van der Waals surface area contributed by atoms with Crippen molar-refractivity contribution in [2.75, 3.05) is 16.3 Å². The average Bonchev–Trinajstić information content (AvgIpc) is 3.11. The normalized spacial score (nSPS) is 20.7. The van der Waals surface area contributed by atoms with Crippen molar-refractivity contribution in [2.45, 2.75) is 6.42 Å². The molecule has 114 valence electrons. The number of carbonyl (C=O) groups is 2. The Morgan fingerprint density at radius 3 is 2.52 bits per heavy atom. The number of carboxylic acid groups (broad SMARTS) is 1. The first-order valence-corrected chi connectivity index (χ1v) is 8.25. The van der Waals surface area contributed by atoms with Gasteiger partial charge in [-0.3, -0.25) is 14.3 Å². The lowest BCUT2D eigenvalue weighted by molar-refractivity contribution is -0.139. The van der Waals surface area contributed by atoms with Crippen LogP contribution in [-0.2, 0) is 19.6 Å². The van der Waals surface area contributed by atoms with Crippen LogP contribution in [0, 0.1) is 11.8 Å². The monoisotopic (exact) mass is 332 g/mol. The van der Waals surface area contributed by atoms with Gasteiger partial charge in [-0.15, -0.1) is 0 Å². The maximum atomic E-state index is 11.9. The molecule has 1 aliphatic carbocycles. The fraction of sp³-hybridized carbons (Fsp3) is 0.333. The number of nitrogens with one attached hydrogen (secondary N) is 2. The standard InChI is InChI=1S/C12H13ClN2O5S/c1-21(19,20)15-6-2-3-9(13)10(4-6)14-11(16)7-5-8(7)12(17)18/h2-4,7-8,15H,5H2,1H3,(H,14,16)(H,17,18). The van der Waals surface area contributed by atoms with Crippen molar-refractivity contribution >= 4 is 44.9 Å². The molecule has 1 aliphatic rings. The van der Waals surface area contributed by atoms with E-state index in [1.54, 1.807) is 0 Å². The molecule has 0 heterocycles. The van der Waals surface area contributed by atoms with E-state index in [0.717, 1.165) is 6.26 Å². The fourth-order valence-electron chi connectivity index (χ4n) is 1.88. The van der Waals surface area contributed by atoms with Crippen LogP contribution < -0.4 is 10.0 Å². The van der Waals surface area contributed by atoms with Crippen LogP contribution >= 0.6 is 11.6 Å². The van der Waals surface area contributed by atoms with E-state index in [4.69, 9.17) is 16.7 Å². The highest BCUT2D eigenvalue weighted by atomic mass is 35.5. The van der Waals surface area contributed by atoms with Gasteiger partial charge >= 0.3 is 5.97 Å². The summed E-state index contributed by atoms with van der Waals surface area (Å²) >= 11 is 5.93. The zero-order valence-corrected chi connectivity index (χ0v) is 12.5. The number of carbonyl (C=O) groups excluding carboxylic acids is 1. The summed E-state index contributed by atoms with van der Waals surface area (Å²) in [5.74, 6) is -2.69. The van der Waals surface area contributed by atoms with Gasteiger partial charge in [0.1, 0.15) is 0 Å². The zero-order chi connectivity index (χ0) is 15.8. The highest BCUT2D eigenvalue weighted by molar-refractivity contribution is 7.92. The van der Waals surface area contributed by atoms with E-state index in [9.17, 15) is 18.0 Å². The van der Waals surface area contributed by atoms with Crippen LogP contribution in [0.25, 0.3) is 0 Å². The third-order valence-electron chi connectivity index (χ3n) is 2.97. The van der Waals surface area contributed by atoms with Crippen LogP contribution in [0.5, 0.6) is 0 Å². The average molecular weight is 333 g/mol. The van der Waals surface area contributed by atoms with Gasteiger partial charge in [-0.25, -0.2) is 8.42 Å². The van der Waals surface area contributed by atoms with Gasteiger partial charge in [-0.1, -0.05) is 11.6 Å². The molecule has 1 aromatic rings. The molecule has 0 aromatic heterocycles. The van der Waals surface area contributed by atoms with Gasteiger partial charge in [0, 0.05) is 0 Å². The van der Waals surface area contributed by atoms with Crippen molar-refractivity contribution in [1.29, 1.82) is 0 Å². The van der Waals surface area contributed by atoms with E-state index in [-0.39, 0.29) is 16.4 Å². The lowest BCUT2D eigenvalue weighted by atomic mass is 10.2. The molecule has 3 N–H and O–H groups in total. The number of sulfonamides is 1. The molecule has 1 amide bonds. The Balaban J connectivity index is 2.11. The number of anilines is 2. The smallest absolute Gasteiger partial charge is 0.307 e. The van der Waals surface area contributed by atoms with E-state index >= 15 is 0 Å². The van der Waals surface area contributed by atoms with Gasteiger partial charge in [-0.05, 0) is 24.6 Å². The Morgan fingerprint density at radius 2 is 2.00 bits per heavy atom. The Bertz CT molecular complexity index is 704. The summed E-state index contributed by atoms with van der Waals surface area (Å²) in [6, 6.07) is 4.27. The molecule has 1 saturated carbocycles. The molecular formula is C12H13ClN2O5S. The maximum absolute atomic E-state index is 11.9. The van der Waals surface area contributed by atoms with Crippen LogP contribution in [0.1, 0.15) is 6.42 Å². The van der Waals surface area contributed by atoms with Crippen molar-refractivity contribution in [2.24, 2.45) is 11.8 Å². The van der Waals surface area contributed by atoms with E-state index in [2.05, 4.69) is 10.0 Å². The first-order valence-electron chi connectivity index (χ1n) is 5.98. The number of halogens is 1. The van der Waals surface area contributed by atoms with Crippen molar-refractivity contribution in [3.63, 3.8) is 0 Å². The molecule has 21 heavy (non-hydrogen) atoms. The predicted octanol–water partition coefficient (Wildman–Crippen LogP) is 1.37. The van der Waals surface area contributed by atoms with Gasteiger partial charge in [0.2, 0.25) is 15.9 Å². The number of amides is 1. The minimum atomic E-state index is -3.44. The van der Waals surface area contributed by atoms with Crippen LogP contribution in [0.4, 0.5) is 11.4 Å². The van der Waals surface area contributed by atoms with Gasteiger partial charge in [0.25, 0.3) is 0 Å². The molecule has 1 aromatic carbocycles. The highest BCUT2D eigenvalue weighted by Crippen LogP contribution is 2.40. The molecule has 0 spiro atoms. The first-order chi connectivity index (χ1) is 9.67. The van der Waals surface area contributed by atoms with Gasteiger partial charge < -0.3 is 10.4 Å². The summed E-state index contributed by atoms with van der Waals surface area (Å²) in [4.78, 5) is 22.6. The predicted molar refractivity (Wildman–Crippen MR) is 77.8 cm³/mol. The van der Waals surface area contributed by atoms with Crippen LogP contribution in [-0.4, -0.2) is 31.7 Å². The molecule has 2 rings (SSSR count). The quantitative estimate of drug-likeness (QED) is 0.753. The first kappa shape index (κ1) is 15.6. The fourth-order valence-corrected chi connectivity index (χ4v) is 2.60. The van der Waals surface area contributed by atoms with Gasteiger partial charge in [-0.2, -0.15) is 0 Å². The number of hydrogen-bond acceptors (Lipinski definition) is 4. The molecule has 2 atom stereocenters. The molecule has 0 bridgehead atoms. The lowest BCUT2D eigenvalue weighted by Crippen LogP contribution is -2.17. The van der Waals surface area contributed by atoms with Crippen LogP contribution in [0.2, 0.25) is 5.02 Å². The minimum Gasteiger partial charge on any atom is -0.481 e. The number of aliphatic carboxylic acids is 1. The number of carboxylic acids is 1. The number of hydrogen-bond donors (Lipinski definition) is 3. The molecular weight excluding hydrogens is 320 g/mol. The Labute approximate surface area is 126 Å². The van der Waals surface area contributed by atoms with Crippen molar-refractivity contribution in [3.8, 4) is 0 Å². The largest absolute Gasteiger partial charge is 0.481 e. The van der Waals surface area contributed by atoms with Crippen LogP contribution in [0.15, 0.2) is 18.2 Å². The van der Waals surface area contributed by atoms with Crippen molar-refractivity contribution in [3.05, 3.63) is 23.2 Å². The summed E-state index contributed by atoms with van der Waals surface area (Å²) in [6.45, 7) is 0. The highest BCUT2D eigenvalue weighted by Gasteiger charge is 2.48. The summed E-state index contributed by atoms with van der Waals surface area (Å²) in [6.07, 6.45) is 1.29. The molecule has 0 radical (unpaired) electrons. The lowest BCUT2D eigenvalue weighted by Gasteiger charge is -2.10. The number of rotatable bonds is 5. The minimum absolute atomic E-state index is 0.228. The molecule has 0 aliphatic heterocycles. The topological polar surface area (TPSA) is 113 Å². The van der Waals surface area contributed by atoms with E-state index in [0.29, 0.717) is 6.42 Å². The molecule has 2 unspecified atom stereocenters. The Hall–Kier alpha value is -1.80. The molecule has 0 saturated heterocycles. The summed E-state index contributed by atoms with van der Waals surface area (Å²) in [7, 11) is -3.44. The second kappa shape index (κ2) is 5.53. The summed E-state index contributed by atoms with van der Waals surface area (Å²) < 4.78 is 24.6. The SMILES string of the molecule is CS(=O)(=O)Nc1ccc(Cl)c(NC(=O)C2CC2C(=O)O)c1. The second-order valence-corrected chi connectivity index (χ2v) is 7.00. The Morgan fingerprint density at radius 1 is 1.33 bits per heavy atom. The van der Waals surface area contributed by atoms with Crippen molar-refractivity contribution in [1.82, 2.24) is 0 Å². The van der Waals surface area contributed by atoms with E-state index < -0.39 is 33.7 Å². The second-order valence-electron chi connectivity index (χ2n) is 4.85. The molecule has 7 nitrogen and oxygen atoms in total. The third-order valence-corrected chi connectivity index (χ3v) is 3.91. The summed E-state index contributed by atoms with van der Waals surface area (Å²) in [5, 5.41) is 11.5. The summed E-state index contributed by atoms with van der Waals surface area (Å²) in [5.41, 5.74) is 0.481. The molecule has 9 heteroatoms. The maximum Gasteiger partial charge on any atom is 0.307 e. The van der Waals surface area contributed by atoms with Crippen LogP contribution in [0.3, 0.4) is 0 Å². The molecule has 1 fully saturated rings. The van der Waals surface area contributed by atoms with E-state index in [1.165, 1.54) is 18.2 Å². The number of benzene rings is 1. The van der Waals surface area contributed by atoms with E-state index in [1.807, 2.05) is 0 Å². The van der Waals surface area contributed by atoms with Gasteiger partial charge in [0.15, 0.2) is 0 Å². The zero-order valence-electron chi connectivity index (χ0n) is 11.0.